The van der Waals surface area contributed by atoms with E-state index in [1.54, 1.807) is 18.3 Å². The zero-order valence-corrected chi connectivity index (χ0v) is 7.21. The zero-order chi connectivity index (χ0) is 9.97. The van der Waals surface area contributed by atoms with Crippen molar-refractivity contribution >= 4 is 17.0 Å². The van der Waals surface area contributed by atoms with Crippen molar-refractivity contribution in [1.82, 2.24) is 15.0 Å². The molecule has 0 atom stereocenters. The second-order valence-electron chi connectivity index (χ2n) is 2.76. The average molecular weight is 189 g/mol. The first-order valence-corrected chi connectivity index (χ1v) is 4.04. The normalized spacial score (nSPS) is 10.3. The van der Waals surface area contributed by atoms with Crippen LogP contribution in [0.3, 0.4) is 0 Å². The quantitative estimate of drug-likeness (QED) is 0.750. The number of hydrogen-bond donors (Lipinski definition) is 1. The molecule has 1 N–H and O–H groups in total. The van der Waals surface area contributed by atoms with Crippen LogP contribution < -0.4 is 0 Å². The lowest BCUT2D eigenvalue weighted by Gasteiger charge is -1.97. The maximum Gasteiger partial charge on any atom is 0.311 e. The fourth-order valence-electron chi connectivity index (χ4n) is 1.13. The maximum absolute atomic E-state index is 10.4. The van der Waals surface area contributed by atoms with Gasteiger partial charge in [0.05, 0.1) is 11.7 Å². The molecule has 2 heterocycles. The van der Waals surface area contributed by atoms with E-state index in [0.29, 0.717) is 16.9 Å². The molecule has 14 heavy (non-hydrogen) atoms. The first kappa shape index (κ1) is 8.55. The van der Waals surface area contributed by atoms with E-state index < -0.39 is 5.97 Å². The second-order valence-corrected chi connectivity index (χ2v) is 2.76. The molecule has 0 saturated heterocycles. The minimum atomic E-state index is -0.937. The molecule has 0 unspecified atom stereocenters. The first-order chi connectivity index (χ1) is 6.75. The van der Waals surface area contributed by atoms with E-state index >= 15 is 0 Å². The van der Waals surface area contributed by atoms with Crippen molar-refractivity contribution in [2.24, 2.45) is 0 Å². The van der Waals surface area contributed by atoms with Crippen LogP contribution in [0.15, 0.2) is 24.5 Å². The van der Waals surface area contributed by atoms with E-state index in [1.807, 2.05) is 0 Å². The van der Waals surface area contributed by atoms with Crippen LogP contribution in [0.25, 0.3) is 11.0 Å². The summed E-state index contributed by atoms with van der Waals surface area (Å²) in [4.78, 5) is 22.4. The standard InChI is InChI=1S/C9H7N3O2/c13-9(14)4-8-11-5-7-6(12-8)2-1-3-10-7/h1-3,5H,4H2,(H,13,14). The van der Waals surface area contributed by atoms with Crippen LogP contribution in [0.4, 0.5) is 0 Å². The Morgan fingerprint density at radius 2 is 2.21 bits per heavy atom. The predicted octanol–water partition coefficient (Wildman–Crippen LogP) is 0.652. The molecule has 0 aromatic carbocycles. The zero-order valence-electron chi connectivity index (χ0n) is 7.21. The van der Waals surface area contributed by atoms with Crippen molar-refractivity contribution < 1.29 is 9.90 Å². The number of nitrogens with zero attached hydrogens (tertiary/aromatic N) is 3. The lowest BCUT2D eigenvalue weighted by Crippen LogP contribution is -2.04. The summed E-state index contributed by atoms with van der Waals surface area (Å²) in [6.07, 6.45) is 3.01. The highest BCUT2D eigenvalue weighted by molar-refractivity contribution is 5.74. The average Bonchev–Trinajstić information content (AvgIpc) is 2.17. The molecular weight excluding hydrogens is 182 g/mol. The Kier molecular flexibility index (Phi) is 2.06. The van der Waals surface area contributed by atoms with Crippen molar-refractivity contribution in [3.05, 3.63) is 30.4 Å². The molecule has 2 aromatic heterocycles. The van der Waals surface area contributed by atoms with Gasteiger partial charge in [-0.2, -0.15) is 0 Å². The summed E-state index contributed by atoms with van der Waals surface area (Å²) in [6, 6.07) is 3.52. The molecule has 0 aliphatic heterocycles. The van der Waals surface area contributed by atoms with Crippen LogP contribution in [0, 0.1) is 0 Å². The smallest absolute Gasteiger partial charge is 0.311 e. The summed E-state index contributed by atoms with van der Waals surface area (Å²) in [5, 5.41) is 8.54. The third-order valence-corrected chi connectivity index (χ3v) is 1.71. The summed E-state index contributed by atoms with van der Waals surface area (Å²) < 4.78 is 0. The summed E-state index contributed by atoms with van der Waals surface area (Å²) in [5.74, 6) is -0.633. The van der Waals surface area contributed by atoms with E-state index in [1.165, 1.54) is 6.20 Å². The highest BCUT2D eigenvalue weighted by atomic mass is 16.4. The molecule has 0 aliphatic carbocycles. The van der Waals surface area contributed by atoms with Crippen molar-refractivity contribution in [1.29, 1.82) is 0 Å². The Morgan fingerprint density at radius 3 is 3.00 bits per heavy atom. The Balaban J connectivity index is 2.46. The molecule has 0 amide bonds. The Labute approximate surface area is 79.5 Å². The summed E-state index contributed by atoms with van der Waals surface area (Å²) in [5.41, 5.74) is 1.33. The van der Waals surface area contributed by atoms with Crippen LogP contribution in [0.5, 0.6) is 0 Å². The lowest BCUT2D eigenvalue weighted by atomic mass is 10.3. The van der Waals surface area contributed by atoms with Gasteiger partial charge in [0.1, 0.15) is 17.8 Å². The number of carboxylic acid groups (broad SMARTS) is 1. The molecule has 0 spiro atoms. The molecular formula is C9H7N3O2. The highest BCUT2D eigenvalue weighted by Crippen LogP contribution is 2.06. The molecule has 0 fully saturated rings. The molecule has 70 valence electrons. The van der Waals surface area contributed by atoms with Gasteiger partial charge in [0, 0.05) is 6.20 Å². The van der Waals surface area contributed by atoms with Gasteiger partial charge in [-0.1, -0.05) is 0 Å². The third kappa shape index (κ3) is 1.66. The third-order valence-electron chi connectivity index (χ3n) is 1.71. The minimum Gasteiger partial charge on any atom is -0.481 e. The van der Waals surface area contributed by atoms with Crippen LogP contribution >= 0.6 is 0 Å². The molecule has 5 nitrogen and oxygen atoms in total. The lowest BCUT2D eigenvalue weighted by molar-refractivity contribution is -0.136. The van der Waals surface area contributed by atoms with Gasteiger partial charge in [-0.25, -0.2) is 9.97 Å². The topological polar surface area (TPSA) is 76.0 Å². The Morgan fingerprint density at radius 1 is 1.36 bits per heavy atom. The van der Waals surface area contributed by atoms with Crippen molar-refractivity contribution in [3.63, 3.8) is 0 Å². The van der Waals surface area contributed by atoms with Crippen LogP contribution in [0.2, 0.25) is 0 Å². The van der Waals surface area contributed by atoms with Gasteiger partial charge >= 0.3 is 5.97 Å². The molecule has 0 saturated carbocycles. The van der Waals surface area contributed by atoms with E-state index in [2.05, 4.69) is 15.0 Å². The van der Waals surface area contributed by atoms with Gasteiger partial charge in [0.2, 0.25) is 0 Å². The Bertz CT molecular complexity index is 484. The summed E-state index contributed by atoms with van der Waals surface area (Å²) >= 11 is 0. The number of pyridine rings is 1. The fourth-order valence-corrected chi connectivity index (χ4v) is 1.13. The predicted molar refractivity (Wildman–Crippen MR) is 48.7 cm³/mol. The van der Waals surface area contributed by atoms with Gasteiger partial charge < -0.3 is 5.11 Å². The van der Waals surface area contributed by atoms with Gasteiger partial charge in [0.25, 0.3) is 0 Å². The molecule has 5 heteroatoms. The van der Waals surface area contributed by atoms with Crippen LogP contribution in [-0.2, 0) is 11.2 Å². The number of hydrogen-bond acceptors (Lipinski definition) is 4. The molecule has 2 rings (SSSR count). The monoisotopic (exact) mass is 189 g/mol. The van der Waals surface area contributed by atoms with Gasteiger partial charge in [0.15, 0.2) is 0 Å². The van der Waals surface area contributed by atoms with E-state index in [4.69, 9.17) is 5.11 Å². The molecule has 2 aromatic rings. The number of aromatic nitrogens is 3. The van der Waals surface area contributed by atoms with Crippen molar-refractivity contribution in [3.8, 4) is 0 Å². The van der Waals surface area contributed by atoms with Crippen LogP contribution in [0.1, 0.15) is 5.82 Å². The van der Waals surface area contributed by atoms with Gasteiger partial charge in [-0.3, -0.25) is 9.78 Å². The van der Waals surface area contributed by atoms with Crippen LogP contribution in [-0.4, -0.2) is 26.0 Å². The SMILES string of the molecule is O=C(O)Cc1ncc2ncccc2n1. The van der Waals surface area contributed by atoms with E-state index in [9.17, 15) is 4.79 Å². The summed E-state index contributed by atoms with van der Waals surface area (Å²) in [7, 11) is 0. The van der Waals surface area contributed by atoms with Gasteiger partial charge in [-0.05, 0) is 12.1 Å². The van der Waals surface area contributed by atoms with Crippen molar-refractivity contribution in [2.75, 3.05) is 0 Å². The van der Waals surface area contributed by atoms with Gasteiger partial charge in [-0.15, -0.1) is 0 Å². The van der Waals surface area contributed by atoms with Crippen molar-refractivity contribution in [2.45, 2.75) is 6.42 Å². The number of aliphatic carboxylic acids is 1. The largest absolute Gasteiger partial charge is 0.481 e. The molecule has 0 aliphatic rings. The van der Waals surface area contributed by atoms with E-state index in [-0.39, 0.29) is 6.42 Å². The first-order valence-electron chi connectivity index (χ1n) is 4.04. The van der Waals surface area contributed by atoms with E-state index in [0.717, 1.165) is 0 Å². The second kappa shape index (κ2) is 3.37. The number of fused-ring (bicyclic) bond motifs is 1. The molecule has 0 bridgehead atoms. The molecule has 0 radical (unpaired) electrons. The number of rotatable bonds is 2. The number of carbonyl (C=O) groups is 1. The summed E-state index contributed by atoms with van der Waals surface area (Å²) in [6.45, 7) is 0. The number of carboxylic acids is 1. The fraction of sp³-hybridized carbons (Fsp3) is 0.111. The highest BCUT2D eigenvalue weighted by Gasteiger charge is 2.04. The Hall–Kier alpha value is -2.04. The maximum atomic E-state index is 10.4. The minimum absolute atomic E-state index is 0.162.